The van der Waals surface area contributed by atoms with Gasteiger partial charge in [-0.1, -0.05) is 24.3 Å². The van der Waals surface area contributed by atoms with Crippen LogP contribution in [0.5, 0.6) is 17.2 Å². The van der Waals surface area contributed by atoms with Gasteiger partial charge < -0.3 is 20.1 Å². The second kappa shape index (κ2) is 11.0. The van der Waals surface area contributed by atoms with E-state index in [1.165, 1.54) is 24.3 Å². The lowest BCUT2D eigenvalue weighted by Gasteiger charge is -2.31. The molecule has 1 aliphatic heterocycles. The number of methoxy groups -OCH3 is 1. The molecule has 1 fully saturated rings. The van der Waals surface area contributed by atoms with Gasteiger partial charge in [0.05, 0.1) is 7.11 Å². The summed E-state index contributed by atoms with van der Waals surface area (Å²) in [5.41, 5.74) is 1.54. The van der Waals surface area contributed by atoms with Gasteiger partial charge in [0.25, 0.3) is 5.91 Å². The molecule has 0 spiro atoms. The topological polar surface area (TPSA) is 59.6 Å². The van der Waals surface area contributed by atoms with E-state index in [-0.39, 0.29) is 17.8 Å². The van der Waals surface area contributed by atoms with Gasteiger partial charge in [-0.3, -0.25) is 4.79 Å². The van der Waals surface area contributed by atoms with Crippen molar-refractivity contribution in [1.82, 2.24) is 10.6 Å². The lowest BCUT2D eigenvalue weighted by Crippen LogP contribution is -2.45. The van der Waals surface area contributed by atoms with Crippen LogP contribution in [0, 0.1) is 11.7 Å². The summed E-state index contributed by atoms with van der Waals surface area (Å²) in [5, 5.41) is 6.59. The Kier molecular flexibility index (Phi) is 7.58. The fourth-order valence-electron chi connectivity index (χ4n) is 4.26. The van der Waals surface area contributed by atoms with Crippen LogP contribution in [-0.2, 0) is 6.42 Å². The Morgan fingerprint density at radius 1 is 1.03 bits per heavy atom. The molecule has 1 aliphatic rings. The van der Waals surface area contributed by atoms with Gasteiger partial charge in [0, 0.05) is 11.6 Å². The Labute approximate surface area is 193 Å². The molecule has 4 rings (SSSR count). The standard InChI is InChI=1S/C27H29FN2O3/c1-32-25-7-2-3-8-26(25)33-23-6-4-5-19(17-23)18-24(20-13-15-29-16-14-20)30-27(31)21-9-11-22(28)12-10-21/h2-12,17,20,24,29H,13-16,18H2,1H3,(H,30,31). The first-order chi connectivity index (χ1) is 16.1. The normalized spacial score (nSPS) is 15.0. The summed E-state index contributed by atoms with van der Waals surface area (Å²) in [6, 6.07) is 21.1. The minimum Gasteiger partial charge on any atom is -0.493 e. The van der Waals surface area contributed by atoms with Crippen LogP contribution < -0.4 is 20.1 Å². The maximum absolute atomic E-state index is 13.3. The van der Waals surface area contributed by atoms with E-state index in [1.807, 2.05) is 48.5 Å². The molecule has 1 saturated heterocycles. The maximum Gasteiger partial charge on any atom is 0.251 e. The molecule has 0 aromatic heterocycles. The van der Waals surface area contributed by atoms with E-state index in [2.05, 4.69) is 10.6 Å². The molecule has 172 valence electrons. The van der Waals surface area contributed by atoms with Gasteiger partial charge >= 0.3 is 0 Å². The summed E-state index contributed by atoms with van der Waals surface area (Å²) in [6.07, 6.45) is 2.66. The molecule has 3 aromatic rings. The van der Waals surface area contributed by atoms with Crippen LogP contribution in [0.25, 0.3) is 0 Å². The van der Waals surface area contributed by atoms with Crippen LogP contribution in [0.1, 0.15) is 28.8 Å². The van der Waals surface area contributed by atoms with Crippen molar-refractivity contribution < 1.29 is 18.7 Å². The van der Waals surface area contributed by atoms with E-state index in [1.54, 1.807) is 7.11 Å². The van der Waals surface area contributed by atoms with Crippen molar-refractivity contribution in [2.45, 2.75) is 25.3 Å². The summed E-state index contributed by atoms with van der Waals surface area (Å²) in [7, 11) is 1.62. The number of hydrogen-bond acceptors (Lipinski definition) is 4. The number of ether oxygens (including phenoxy) is 2. The van der Waals surface area contributed by atoms with Gasteiger partial charge in [-0.05, 0) is 92.4 Å². The van der Waals surface area contributed by atoms with Crippen LogP contribution in [0.3, 0.4) is 0 Å². The highest BCUT2D eigenvalue weighted by molar-refractivity contribution is 5.94. The Balaban J connectivity index is 1.51. The first kappa shape index (κ1) is 22.8. The molecule has 0 radical (unpaired) electrons. The zero-order chi connectivity index (χ0) is 23.0. The predicted octanol–water partition coefficient (Wildman–Crippen LogP) is 4.97. The van der Waals surface area contributed by atoms with E-state index in [4.69, 9.17) is 9.47 Å². The third kappa shape index (κ3) is 6.11. The van der Waals surface area contributed by atoms with Crippen molar-refractivity contribution in [3.63, 3.8) is 0 Å². The summed E-state index contributed by atoms with van der Waals surface area (Å²) < 4.78 is 24.7. The molecule has 1 unspecified atom stereocenters. The Bertz CT molecular complexity index is 1060. The van der Waals surface area contributed by atoms with E-state index in [0.29, 0.717) is 35.2 Å². The minimum absolute atomic E-state index is 0.0360. The first-order valence-corrected chi connectivity index (χ1v) is 11.3. The molecule has 0 aliphatic carbocycles. The number of para-hydroxylation sites is 2. The number of hydrogen-bond donors (Lipinski definition) is 2. The number of carbonyl (C=O) groups excluding carboxylic acids is 1. The number of carbonyl (C=O) groups is 1. The average molecular weight is 449 g/mol. The van der Waals surface area contributed by atoms with E-state index in [0.717, 1.165) is 31.5 Å². The summed E-state index contributed by atoms with van der Waals surface area (Å²) in [4.78, 5) is 12.9. The molecule has 3 aromatic carbocycles. The van der Waals surface area contributed by atoms with E-state index >= 15 is 0 Å². The van der Waals surface area contributed by atoms with Gasteiger partial charge in [0.2, 0.25) is 0 Å². The number of nitrogens with one attached hydrogen (secondary N) is 2. The molecule has 33 heavy (non-hydrogen) atoms. The monoisotopic (exact) mass is 448 g/mol. The molecule has 0 saturated carbocycles. The van der Waals surface area contributed by atoms with Gasteiger partial charge in [-0.25, -0.2) is 4.39 Å². The third-order valence-electron chi connectivity index (χ3n) is 6.03. The van der Waals surface area contributed by atoms with Crippen molar-refractivity contribution in [1.29, 1.82) is 0 Å². The Morgan fingerprint density at radius 2 is 1.76 bits per heavy atom. The van der Waals surface area contributed by atoms with Crippen LogP contribution in [0.15, 0.2) is 72.8 Å². The van der Waals surface area contributed by atoms with Crippen molar-refractivity contribution in [2.75, 3.05) is 20.2 Å². The first-order valence-electron chi connectivity index (χ1n) is 11.3. The third-order valence-corrected chi connectivity index (χ3v) is 6.03. The molecule has 1 heterocycles. The zero-order valence-corrected chi connectivity index (χ0v) is 18.7. The van der Waals surface area contributed by atoms with Crippen molar-refractivity contribution >= 4 is 5.91 Å². The quantitative estimate of drug-likeness (QED) is 0.511. The van der Waals surface area contributed by atoms with Gasteiger partial charge in [-0.2, -0.15) is 0 Å². The number of halogens is 1. The number of benzene rings is 3. The zero-order valence-electron chi connectivity index (χ0n) is 18.7. The minimum atomic E-state index is -0.353. The molecular formula is C27H29FN2O3. The fraction of sp³-hybridized carbons (Fsp3) is 0.296. The number of rotatable bonds is 8. The van der Waals surface area contributed by atoms with Crippen molar-refractivity contribution in [2.24, 2.45) is 5.92 Å². The number of amides is 1. The molecule has 6 heteroatoms. The molecule has 1 amide bonds. The van der Waals surface area contributed by atoms with Gasteiger partial charge in [0.15, 0.2) is 11.5 Å². The Morgan fingerprint density at radius 3 is 2.48 bits per heavy atom. The molecule has 0 bridgehead atoms. The van der Waals surface area contributed by atoms with Crippen LogP contribution >= 0.6 is 0 Å². The van der Waals surface area contributed by atoms with Crippen LogP contribution in [0.4, 0.5) is 4.39 Å². The smallest absolute Gasteiger partial charge is 0.251 e. The molecule has 1 atom stereocenters. The molecule has 2 N–H and O–H groups in total. The lowest BCUT2D eigenvalue weighted by atomic mass is 9.86. The molecule has 5 nitrogen and oxygen atoms in total. The van der Waals surface area contributed by atoms with Gasteiger partial charge in [-0.15, -0.1) is 0 Å². The highest BCUT2D eigenvalue weighted by Gasteiger charge is 2.26. The average Bonchev–Trinajstić information content (AvgIpc) is 2.85. The second-order valence-electron chi connectivity index (χ2n) is 8.28. The highest BCUT2D eigenvalue weighted by Crippen LogP contribution is 2.31. The van der Waals surface area contributed by atoms with Crippen molar-refractivity contribution in [3.05, 3.63) is 89.7 Å². The Hall–Kier alpha value is -3.38. The highest BCUT2D eigenvalue weighted by atomic mass is 19.1. The van der Waals surface area contributed by atoms with E-state index < -0.39 is 0 Å². The van der Waals surface area contributed by atoms with Crippen molar-refractivity contribution in [3.8, 4) is 17.2 Å². The van der Waals surface area contributed by atoms with Gasteiger partial charge in [0.1, 0.15) is 11.6 Å². The predicted molar refractivity (Wildman–Crippen MR) is 126 cm³/mol. The maximum atomic E-state index is 13.3. The summed E-state index contributed by atoms with van der Waals surface area (Å²) >= 11 is 0. The second-order valence-corrected chi connectivity index (χ2v) is 8.28. The van der Waals surface area contributed by atoms with Crippen LogP contribution in [0.2, 0.25) is 0 Å². The largest absolute Gasteiger partial charge is 0.493 e. The summed E-state index contributed by atoms with van der Waals surface area (Å²) in [5.74, 6) is 1.85. The summed E-state index contributed by atoms with van der Waals surface area (Å²) in [6.45, 7) is 1.87. The van der Waals surface area contributed by atoms with E-state index in [9.17, 15) is 9.18 Å². The SMILES string of the molecule is COc1ccccc1Oc1cccc(CC(NC(=O)c2ccc(F)cc2)C2CCNCC2)c1. The number of piperidine rings is 1. The van der Waals surface area contributed by atoms with Crippen LogP contribution in [-0.4, -0.2) is 32.1 Å². The lowest BCUT2D eigenvalue weighted by molar-refractivity contribution is 0.0914. The fourth-order valence-corrected chi connectivity index (χ4v) is 4.26. The molecular weight excluding hydrogens is 419 g/mol.